The normalized spacial score (nSPS) is 21.1. The van der Waals surface area contributed by atoms with Crippen molar-refractivity contribution in [2.24, 2.45) is 28.7 Å². The molecule has 178 valence electrons. The third kappa shape index (κ3) is 6.29. The first-order valence-electron chi connectivity index (χ1n) is 12.7. The van der Waals surface area contributed by atoms with Gasteiger partial charge in [0.1, 0.15) is 5.84 Å². The monoisotopic (exact) mass is 467 g/mol. The maximum atomic E-state index is 13.6. The maximum Gasteiger partial charge on any atom is 0.230 e. The highest BCUT2D eigenvalue weighted by Crippen LogP contribution is 2.37. The topological polar surface area (TPSA) is 35.9 Å². The summed E-state index contributed by atoms with van der Waals surface area (Å²) in [6.07, 6.45) is 11.8. The molecule has 1 amide bonds. The number of hydrogen-bond donors (Lipinski definition) is 0. The molecule has 1 heterocycles. The van der Waals surface area contributed by atoms with Crippen molar-refractivity contribution in [2.75, 3.05) is 24.5 Å². The average molecular weight is 468 g/mol. The summed E-state index contributed by atoms with van der Waals surface area (Å²) in [5.41, 5.74) is 2.24. The predicted molar refractivity (Wildman–Crippen MR) is 139 cm³/mol. The van der Waals surface area contributed by atoms with Crippen molar-refractivity contribution in [1.29, 1.82) is 0 Å². The summed E-state index contributed by atoms with van der Waals surface area (Å²) >= 11 is 6.09. The Balaban J connectivity index is 1.43. The number of carbonyl (C=O) groups is 1. The van der Waals surface area contributed by atoms with E-state index in [9.17, 15) is 4.79 Å². The van der Waals surface area contributed by atoms with Gasteiger partial charge in [0.2, 0.25) is 5.91 Å². The molecule has 4 nitrogen and oxygen atoms in total. The van der Waals surface area contributed by atoms with E-state index < -0.39 is 0 Å². The number of piperidine rings is 1. The van der Waals surface area contributed by atoms with Crippen LogP contribution in [0.4, 0.5) is 5.69 Å². The van der Waals surface area contributed by atoms with E-state index in [1.165, 1.54) is 31.3 Å². The molecular formula is C28H38ClN3O. The highest BCUT2D eigenvalue weighted by Gasteiger charge is 2.34. The molecule has 2 aliphatic carbocycles. The van der Waals surface area contributed by atoms with E-state index in [1.54, 1.807) is 0 Å². The molecule has 1 unspecified atom stereocenters. The molecule has 0 bridgehead atoms. The summed E-state index contributed by atoms with van der Waals surface area (Å²) in [5.74, 6) is 3.20. The van der Waals surface area contributed by atoms with Gasteiger partial charge in [-0.25, -0.2) is 4.99 Å². The Morgan fingerprint density at radius 3 is 2.36 bits per heavy atom. The van der Waals surface area contributed by atoms with Gasteiger partial charge in [-0.2, -0.15) is 0 Å². The van der Waals surface area contributed by atoms with Gasteiger partial charge in [-0.15, -0.1) is 0 Å². The summed E-state index contributed by atoms with van der Waals surface area (Å²) in [4.78, 5) is 23.0. The first kappa shape index (κ1) is 24.1. The fraction of sp³-hybridized carbons (Fsp3) is 0.571. The molecule has 33 heavy (non-hydrogen) atoms. The number of likely N-dealkylation sites (tertiary alicyclic amines) is 1. The Morgan fingerprint density at radius 2 is 1.82 bits per heavy atom. The second-order valence-electron chi connectivity index (χ2n) is 10.0. The van der Waals surface area contributed by atoms with E-state index in [0.717, 1.165) is 50.4 Å². The molecule has 4 rings (SSSR count). The van der Waals surface area contributed by atoms with E-state index in [4.69, 9.17) is 16.6 Å². The van der Waals surface area contributed by atoms with Crippen molar-refractivity contribution in [2.45, 2.75) is 58.8 Å². The highest BCUT2D eigenvalue weighted by atomic mass is 35.5. The van der Waals surface area contributed by atoms with Crippen LogP contribution in [-0.2, 0) is 4.79 Å². The van der Waals surface area contributed by atoms with Crippen LogP contribution in [0.3, 0.4) is 0 Å². The lowest BCUT2D eigenvalue weighted by Crippen LogP contribution is -2.46. The molecule has 5 heteroatoms. The van der Waals surface area contributed by atoms with Gasteiger partial charge in [0, 0.05) is 48.4 Å². The molecule has 0 spiro atoms. The van der Waals surface area contributed by atoms with Crippen LogP contribution in [0.25, 0.3) is 0 Å². The van der Waals surface area contributed by atoms with Crippen LogP contribution in [0, 0.1) is 23.7 Å². The van der Waals surface area contributed by atoms with Crippen molar-refractivity contribution in [3.63, 3.8) is 0 Å². The van der Waals surface area contributed by atoms with Crippen molar-refractivity contribution in [3.05, 3.63) is 53.7 Å². The number of amidine groups is 1. The average Bonchev–Trinajstić information content (AvgIpc) is 3.75. The Kier molecular flexibility index (Phi) is 7.95. The standard InChI is InChI=1S/C28H38ClN3O/c1-4-20(3)27(30-18-22(5-2)23-8-9-23)31-16-14-24(15-17-31)28(33)32(19-21-6-7-21)26-12-10-25(29)11-13-26/h5,10-13,18,20-21,23-24H,2,4,6-9,14-17,19H2,1,3H3/b22-18+,30-27?. The molecule has 1 aromatic rings. The number of benzene rings is 1. The van der Waals surface area contributed by atoms with Gasteiger partial charge in [-0.1, -0.05) is 38.1 Å². The highest BCUT2D eigenvalue weighted by molar-refractivity contribution is 6.30. The maximum absolute atomic E-state index is 13.6. The number of halogens is 1. The van der Waals surface area contributed by atoms with E-state index in [-0.39, 0.29) is 11.8 Å². The molecule has 0 N–H and O–H groups in total. The van der Waals surface area contributed by atoms with E-state index in [1.807, 2.05) is 41.4 Å². The van der Waals surface area contributed by atoms with Crippen molar-refractivity contribution in [1.82, 2.24) is 4.90 Å². The Morgan fingerprint density at radius 1 is 1.15 bits per heavy atom. The van der Waals surface area contributed by atoms with E-state index in [0.29, 0.717) is 22.8 Å². The summed E-state index contributed by atoms with van der Waals surface area (Å²) in [6, 6.07) is 7.73. The molecule has 1 aliphatic heterocycles. The number of anilines is 1. The first-order chi connectivity index (χ1) is 16.0. The van der Waals surface area contributed by atoms with Crippen LogP contribution in [0.5, 0.6) is 0 Å². The van der Waals surface area contributed by atoms with Crippen LogP contribution >= 0.6 is 11.6 Å². The minimum Gasteiger partial charge on any atom is -0.360 e. The minimum atomic E-state index is 0.0691. The van der Waals surface area contributed by atoms with Gasteiger partial charge >= 0.3 is 0 Å². The number of carbonyl (C=O) groups excluding carboxylic acids is 1. The zero-order chi connectivity index (χ0) is 23.4. The van der Waals surface area contributed by atoms with Gasteiger partial charge in [-0.05, 0) is 86.6 Å². The lowest BCUT2D eigenvalue weighted by molar-refractivity contribution is -0.123. The third-order valence-corrected chi connectivity index (χ3v) is 7.65. The zero-order valence-corrected chi connectivity index (χ0v) is 20.9. The lowest BCUT2D eigenvalue weighted by Gasteiger charge is -2.37. The van der Waals surface area contributed by atoms with Crippen LogP contribution < -0.4 is 4.90 Å². The van der Waals surface area contributed by atoms with Crippen molar-refractivity contribution in [3.8, 4) is 0 Å². The van der Waals surface area contributed by atoms with Crippen molar-refractivity contribution < 1.29 is 4.79 Å². The molecular weight excluding hydrogens is 430 g/mol. The minimum absolute atomic E-state index is 0.0691. The number of nitrogens with zero attached hydrogens (tertiary/aromatic N) is 3. The van der Waals surface area contributed by atoms with Crippen molar-refractivity contribution >= 4 is 29.0 Å². The SMILES string of the molecule is C=C/C(=C\N=C(C(C)CC)N1CCC(C(=O)N(CC2CC2)c2ccc(Cl)cc2)CC1)C1CC1. The number of allylic oxidation sites excluding steroid dienone is 2. The first-order valence-corrected chi connectivity index (χ1v) is 13.1. The molecule has 3 fully saturated rings. The largest absolute Gasteiger partial charge is 0.360 e. The Labute approximate surface area is 204 Å². The lowest BCUT2D eigenvalue weighted by atomic mass is 9.93. The van der Waals surface area contributed by atoms with Gasteiger partial charge < -0.3 is 9.80 Å². The number of rotatable bonds is 9. The molecule has 0 radical (unpaired) electrons. The third-order valence-electron chi connectivity index (χ3n) is 7.39. The van der Waals surface area contributed by atoms with E-state index >= 15 is 0 Å². The fourth-order valence-corrected chi connectivity index (χ4v) is 4.79. The van der Waals surface area contributed by atoms with Crippen LogP contribution in [-0.4, -0.2) is 36.3 Å². The number of hydrogen-bond acceptors (Lipinski definition) is 2. The van der Waals surface area contributed by atoms with Gasteiger partial charge in [0.15, 0.2) is 0 Å². The van der Waals surface area contributed by atoms with Gasteiger partial charge in [0.25, 0.3) is 0 Å². The molecule has 1 atom stereocenters. The van der Waals surface area contributed by atoms with Crippen LogP contribution in [0.2, 0.25) is 5.02 Å². The Hall–Kier alpha value is -2.07. The Bertz CT molecular complexity index is 890. The van der Waals surface area contributed by atoms with Crippen LogP contribution in [0.1, 0.15) is 58.8 Å². The smallest absolute Gasteiger partial charge is 0.230 e. The van der Waals surface area contributed by atoms with Gasteiger partial charge in [-0.3, -0.25) is 4.79 Å². The number of aliphatic imine (C=N–C) groups is 1. The molecule has 1 saturated heterocycles. The second-order valence-corrected chi connectivity index (χ2v) is 10.5. The van der Waals surface area contributed by atoms with Crippen LogP contribution in [0.15, 0.2) is 53.7 Å². The number of amides is 1. The second kappa shape index (κ2) is 10.9. The summed E-state index contributed by atoms with van der Waals surface area (Å²) < 4.78 is 0. The van der Waals surface area contributed by atoms with E-state index in [2.05, 4.69) is 25.3 Å². The molecule has 2 saturated carbocycles. The molecule has 1 aromatic carbocycles. The van der Waals surface area contributed by atoms with Gasteiger partial charge in [0.05, 0.1) is 0 Å². The molecule has 3 aliphatic rings. The zero-order valence-electron chi connectivity index (χ0n) is 20.2. The quantitative estimate of drug-likeness (QED) is 0.229. The molecule has 0 aromatic heterocycles. The fourth-order valence-electron chi connectivity index (χ4n) is 4.66. The predicted octanol–water partition coefficient (Wildman–Crippen LogP) is 6.72. The summed E-state index contributed by atoms with van der Waals surface area (Å²) in [6.45, 7) is 11.1. The summed E-state index contributed by atoms with van der Waals surface area (Å²) in [7, 11) is 0. The summed E-state index contributed by atoms with van der Waals surface area (Å²) in [5, 5.41) is 0.707.